The molecule has 2 heteroatoms. The van der Waals surface area contributed by atoms with Crippen molar-refractivity contribution in [1.29, 1.82) is 0 Å². The molecule has 0 aromatic carbocycles. The number of rotatable bonds is 0. The van der Waals surface area contributed by atoms with Gasteiger partial charge >= 0.3 is 0 Å². The van der Waals surface area contributed by atoms with Crippen LogP contribution in [0.5, 0.6) is 0 Å². The van der Waals surface area contributed by atoms with E-state index in [1.807, 2.05) is 41.1 Å². The molecule has 0 aliphatic carbocycles. The van der Waals surface area contributed by atoms with E-state index in [2.05, 4.69) is 6.07 Å². The molecule has 11 heavy (non-hydrogen) atoms. The summed E-state index contributed by atoms with van der Waals surface area (Å²) in [7, 11) is 0. The maximum atomic E-state index is 3.09. The van der Waals surface area contributed by atoms with E-state index in [9.17, 15) is 0 Å². The Labute approximate surface area is 92.3 Å². The zero-order chi connectivity index (χ0) is 6.10. The van der Waals surface area contributed by atoms with Crippen LogP contribution in [-0.2, 0) is 32.7 Å². The van der Waals surface area contributed by atoms with Gasteiger partial charge in [-0.25, -0.2) is 0 Å². The SMILES string of the molecule is [CH3-].[Y].[c-]1cccn2cccc12. The van der Waals surface area contributed by atoms with Crippen molar-refractivity contribution in [3.63, 3.8) is 0 Å². The first kappa shape index (κ1) is 10.9. The molecule has 1 nitrogen and oxygen atoms in total. The quantitative estimate of drug-likeness (QED) is 0.599. The number of hydrogen-bond donors (Lipinski definition) is 0. The molecule has 0 atom stereocenters. The molecule has 0 bridgehead atoms. The number of aromatic nitrogens is 1. The summed E-state index contributed by atoms with van der Waals surface area (Å²) in [5, 5.41) is 0. The van der Waals surface area contributed by atoms with Gasteiger partial charge in [-0.15, -0.1) is 12.1 Å². The second-order valence-corrected chi connectivity index (χ2v) is 1.95. The van der Waals surface area contributed by atoms with Gasteiger partial charge in [0, 0.05) is 32.7 Å². The van der Waals surface area contributed by atoms with Gasteiger partial charge in [-0.3, -0.25) is 0 Å². The first-order valence-corrected chi connectivity index (χ1v) is 2.90. The van der Waals surface area contributed by atoms with Crippen molar-refractivity contribution >= 4 is 5.52 Å². The van der Waals surface area contributed by atoms with E-state index in [-0.39, 0.29) is 40.1 Å². The smallest absolute Gasteiger partial charge is 0 e. The second-order valence-electron chi connectivity index (χ2n) is 1.95. The third kappa shape index (κ3) is 2.14. The van der Waals surface area contributed by atoms with E-state index >= 15 is 0 Å². The summed E-state index contributed by atoms with van der Waals surface area (Å²) in [6, 6.07) is 11.0. The Balaban J connectivity index is 0.000000500. The van der Waals surface area contributed by atoms with Crippen LogP contribution < -0.4 is 0 Å². The van der Waals surface area contributed by atoms with Crippen molar-refractivity contribution in [3.8, 4) is 0 Å². The molecule has 0 aliphatic rings. The Morgan fingerprint density at radius 1 is 1.18 bits per heavy atom. The van der Waals surface area contributed by atoms with Crippen molar-refractivity contribution in [2.45, 2.75) is 0 Å². The van der Waals surface area contributed by atoms with Crippen LogP contribution in [0.25, 0.3) is 5.52 Å². The number of hydrogen-bond acceptors (Lipinski definition) is 0. The van der Waals surface area contributed by atoms with Gasteiger partial charge in [0.15, 0.2) is 0 Å². The predicted molar refractivity (Wildman–Crippen MR) is 42.6 cm³/mol. The average Bonchev–Trinajstić information content (AvgIpc) is 2.33. The molecule has 0 amide bonds. The molecule has 0 fully saturated rings. The fourth-order valence-electron chi connectivity index (χ4n) is 0.915. The zero-order valence-electron chi connectivity index (χ0n) is 6.49. The van der Waals surface area contributed by atoms with E-state index in [1.54, 1.807) is 0 Å². The van der Waals surface area contributed by atoms with Crippen LogP contribution in [0.2, 0.25) is 0 Å². The van der Waals surface area contributed by atoms with E-state index in [4.69, 9.17) is 0 Å². The van der Waals surface area contributed by atoms with Gasteiger partial charge in [0.05, 0.1) is 0 Å². The summed E-state index contributed by atoms with van der Waals surface area (Å²) >= 11 is 0. The molecule has 1 radical (unpaired) electrons. The van der Waals surface area contributed by atoms with Crippen molar-refractivity contribution in [3.05, 3.63) is 50.2 Å². The minimum Gasteiger partial charge on any atom is -0.361 e. The maximum Gasteiger partial charge on any atom is 0 e. The summed E-state index contributed by atoms with van der Waals surface area (Å²) in [5.74, 6) is 0. The van der Waals surface area contributed by atoms with Crippen LogP contribution in [0, 0.1) is 13.5 Å². The monoisotopic (exact) mass is 220 g/mol. The number of nitrogens with zero attached hydrogens (tertiary/aromatic N) is 1. The summed E-state index contributed by atoms with van der Waals surface area (Å²) in [5.41, 5.74) is 1.12. The third-order valence-electron chi connectivity index (χ3n) is 1.35. The Morgan fingerprint density at radius 2 is 1.91 bits per heavy atom. The molecule has 55 valence electrons. The molecule has 2 aromatic rings. The van der Waals surface area contributed by atoms with Gasteiger partial charge in [-0.05, 0) is 12.4 Å². The standard InChI is InChI=1S/C8H6N.CH3.Y/c1-2-6-9-7-3-5-8(9)4-1;;/h1-3,5-7H;1H3;/q2*-1;. The Morgan fingerprint density at radius 3 is 2.64 bits per heavy atom. The largest absolute Gasteiger partial charge is 0.361 e. The topological polar surface area (TPSA) is 4.41 Å². The normalized spacial score (nSPS) is 8.36. The van der Waals surface area contributed by atoms with Crippen molar-refractivity contribution < 1.29 is 32.7 Å². The van der Waals surface area contributed by atoms with Gasteiger partial charge in [0.25, 0.3) is 0 Å². The van der Waals surface area contributed by atoms with E-state index in [0.717, 1.165) is 5.52 Å². The third-order valence-corrected chi connectivity index (χ3v) is 1.35. The van der Waals surface area contributed by atoms with Crippen LogP contribution in [0.4, 0.5) is 0 Å². The van der Waals surface area contributed by atoms with Gasteiger partial charge in [-0.1, -0.05) is 11.6 Å². The van der Waals surface area contributed by atoms with Crippen LogP contribution in [0.1, 0.15) is 0 Å². The maximum absolute atomic E-state index is 3.09. The minimum atomic E-state index is 0. The van der Waals surface area contributed by atoms with Crippen molar-refractivity contribution in [1.82, 2.24) is 4.40 Å². The molecule has 2 aromatic heterocycles. The van der Waals surface area contributed by atoms with E-state index in [0.29, 0.717) is 0 Å². The molecule has 2 rings (SSSR count). The first-order valence-electron chi connectivity index (χ1n) is 2.90. The minimum absolute atomic E-state index is 0. The summed E-state index contributed by atoms with van der Waals surface area (Å²) < 4.78 is 2.03. The first-order chi connectivity index (χ1) is 4.47. The molecule has 0 saturated carbocycles. The van der Waals surface area contributed by atoms with E-state index in [1.165, 1.54) is 0 Å². The van der Waals surface area contributed by atoms with Crippen molar-refractivity contribution in [2.75, 3.05) is 0 Å². The molecular weight excluding hydrogens is 211 g/mol. The summed E-state index contributed by atoms with van der Waals surface area (Å²) in [4.78, 5) is 0. The molecule has 0 spiro atoms. The fraction of sp³-hybridized carbons (Fsp3) is 0. The average molecular weight is 220 g/mol. The fourth-order valence-corrected chi connectivity index (χ4v) is 0.915. The molecule has 2 heterocycles. The summed E-state index contributed by atoms with van der Waals surface area (Å²) in [6.45, 7) is 0. The molecular formula is C9H9NY-2. The van der Waals surface area contributed by atoms with Crippen LogP contribution in [-0.4, -0.2) is 4.40 Å². The number of fused-ring (bicyclic) bond motifs is 1. The molecule has 0 saturated heterocycles. The van der Waals surface area contributed by atoms with Crippen LogP contribution in [0.3, 0.4) is 0 Å². The summed E-state index contributed by atoms with van der Waals surface area (Å²) in [6.07, 6.45) is 4.01. The Bertz CT molecular complexity index is 284. The molecule has 0 N–H and O–H groups in total. The number of pyridine rings is 1. The van der Waals surface area contributed by atoms with Gasteiger partial charge < -0.3 is 11.8 Å². The molecule has 0 aliphatic heterocycles. The van der Waals surface area contributed by atoms with Crippen molar-refractivity contribution in [2.24, 2.45) is 0 Å². The van der Waals surface area contributed by atoms with Gasteiger partial charge in [0.2, 0.25) is 0 Å². The van der Waals surface area contributed by atoms with E-state index < -0.39 is 0 Å². The zero-order valence-corrected chi connectivity index (χ0v) is 9.33. The predicted octanol–water partition coefficient (Wildman–Crippen LogP) is 2.19. The van der Waals surface area contributed by atoms with Crippen LogP contribution >= 0.6 is 0 Å². The van der Waals surface area contributed by atoms with Gasteiger partial charge in [0.1, 0.15) is 0 Å². The Kier molecular flexibility index (Phi) is 4.63. The van der Waals surface area contributed by atoms with Gasteiger partial charge in [-0.2, -0.15) is 12.1 Å². The second kappa shape index (κ2) is 4.68. The Hall–Kier alpha value is -0.136. The molecule has 0 unspecified atom stereocenters. The van der Waals surface area contributed by atoms with Crippen LogP contribution in [0.15, 0.2) is 36.7 Å².